The van der Waals surface area contributed by atoms with Crippen molar-refractivity contribution in [3.63, 3.8) is 0 Å². The Kier molecular flexibility index (Phi) is 4.62. The number of ether oxygens (including phenoxy) is 2. The standard InChI is InChI=1S/C16H20N2O3/c1-5-20-16(19)14-9-17-18(4)15(14)10-21-13-7-6-11(2)12(3)8-13/h6-9H,5,10H2,1-4H3. The topological polar surface area (TPSA) is 53.3 Å². The van der Waals surface area contributed by atoms with Gasteiger partial charge in [-0.1, -0.05) is 6.07 Å². The molecule has 2 rings (SSSR count). The van der Waals surface area contributed by atoms with E-state index >= 15 is 0 Å². The van der Waals surface area contributed by atoms with Crippen LogP contribution in [0.2, 0.25) is 0 Å². The van der Waals surface area contributed by atoms with Crippen LogP contribution < -0.4 is 4.74 Å². The maximum Gasteiger partial charge on any atom is 0.341 e. The van der Waals surface area contributed by atoms with E-state index in [0.717, 1.165) is 5.75 Å². The highest BCUT2D eigenvalue weighted by Gasteiger charge is 2.17. The van der Waals surface area contributed by atoms with Crippen molar-refractivity contribution in [1.29, 1.82) is 0 Å². The molecule has 5 heteroatoms. The molecule has 5 nitrogen and oxygen atoms in total. The van der Waals surface area contributed by atoms with Crippen LogP contribution in [0.15, 0.2) is 24.4 Å². The van der Waals surface area contributed by atoms with Gasteiger partial charge in [-0.15, -0.1) is 0 Å². The van der Waals surface area contributed by atoms with Crippen molar-refractivity contribution in [2.24, 2.45) is 7.05 Å². The number of nitrogens with zero attached hydrogens (tertiary/aromatic N) is 2. The normalized spacial score (nSPS) is 10.5. The third-order valence-electron chi connectivity index (χ3n) is 3.41. The van der Waals surface area contributed by atoms with Gasteiger partial charge in [0.25, 0.3) is 0 Å². The van der Waals surface area contributed by atoms with E-state index in [1.807, 2.05) is 25.1 Å². The predicted molar refractivity (Wildman–Crippen MR) is 79.4 cm³/mol. The van der Waals surface area contributed by atoms with Crippen molar-refractivity contribution in [3.05, 3.63) is 46.8 Å². The first-order valence-corrected chi connectivity index (χ1v) is 6.91. The third-order valence-corrected chi connectivity index (χ3v) is 3.41. The Balaban J connectivity index is 2.14. The van der Waals surface area contributed by atoms with E-state index in [-0.39, 0.29) is 12.6 Å². The van der Waals surface area contributed by atoms with Crippen molar-refractivity contribution in [2.45, 2.75) is 27.4 Å². The molecule has 1 aromatic carbocycles. The number of aromatic nitrogens is 2. The first kappa shape index (κ1) is 15.1. The van der Waals surface area contributed by atoms with Crippen molar-refractivity contribution < 1.29 is 14.3 Å². The van der Waals surface area contributed by atoms with Gasteiger partial charge in [-0.2, -0.15) is 5.10 Å². The number of hydrogen-bond acceptors (Lipinski definition) is 4. The van der Waals surface area contributed by atoms with Crippen LogP contribution in [0.4, 0.5) is 0 Å². The molecule has 0 saturated heterocycles. The molecule has 0 aliphatic rings. The summed E-state index contributed by atoms with van der Waals surface area (Å²) in [6, 6.07) is 5.92. The molecule has 0 aliphatic heterocycles. The number of carbonyl (C=O) groups excluding carboxylic acids is 1. The summed E-state index contributed by atoms with van der Waals surface area (Å²) in [6.07, 6.45) is 1.51. The summed E-state index contributed by atoms with van der Waals surface area (Å²) < 4.78 is 12.4. The molecule has 0 atom stereocenters. The van der Waals surface area contributed by atoms with Crippen LogP contribution in [-0.2, 0) is 18.4 Å². The molecule has 0 spiro atoms. The zero-order valence-corrected chi connectivity index (χ0v) is 12.8. The van der Waals surface area contributed by atoms with Crippen LogP contribution in [0.1, 0.15) is 34.1 Å². The summed E-state index contributed by atoms with van der Waals surface area (Å²) in [5.74, 6) is 0.401. The monoisotopic (exact) mass is 288 g/mol. The summed E-state index contributed by atoms with van der Waals surface area (Å²) in [4.78, 5) is 11.9. The van der Waals surface area contributed by atoms with Crippen LogP contribution >= 0.6 is 0 Å². The molecule has 21 heavy (non-hydrogen) atoms. The number of rotatable bonds is 5. The van der Waals surface area contributed by atoms with Crippen molar-refractivity contribution >= 4 is 5.97 Å². The van der Waals surface area contributed by atoms with Crippen molar-refractivity contribution in [3.8, 4) is 5.75 Å². The molecule has 0 N–H and O–H groups in total. The number of benzene rings is 1. The third kappa shape index (κ3) is 3.42. The lowest BCUT2D eigenvalue weighted by Crippen LogP contribution is -2.11. The van der Waals surface area contributed by atoms with E-state index < -0.39 is 0 Å². The van der Waals surface area contributed by atoms with Gasteiger partial charge in [-0.25, -0.2) is 4.79 Å². The minimum atomic E-state index is -0.371. The predicted octanol–water partition coefficient (Wildman–Crippen LogP) is 2.79. The molecular weight excluding hydrogens is 268 g/mol. The minimum absolute atomic E-state index is 0.271. The molecule has 0 unspecified atom stereocenters. The van der Waals surface area contributed by atoms with E-state index in [1.54, 1.807) is 18.7 Å². The van der Waals surface area contributed by atoms with Crippen LogP contribution in [-0.4, -0.2) is 22.4 Å². The van der Waals surface area contributed by atoms with E-state index in [1.165, 1.54) is 17.3 Å². The van der Waals surface area contributed by atoms with Gasteiger partial charge in [0, 0.05) is 7.05 Å². The van der Waals surface area contributed by atoms with Crippen LogP contribution in [0.3, 0.4) is 0 Å². The smallest absolute Gasteiger partial charge is 0.341 e. The highest BCUT2D eigenvalue weighted by atomic mass is 16.5. The van der Waals surface area contributed by atoms with Crippen molar-refractivity contribution in [1.82, 2.24) is 9.78 Å². The second-order valence-electron chi connectivity index (χ2n) is 4.88. The Morgan fingerprint density at radius 2 is 2.05 bits per heavy atom. The Labute approximate surface area is 124 Å². The van der Waals surface area contributed by atoms with E-state index in [9.17, 15) is 4.79 Å². The van der Waals surface area contributed by atoms with E-state index in [0.29, 0.717) is 17.9 Å². The van der Waals surface area contributed by atoms with Gasteiger partial charge in [-0.3, -0.25) is 4.68 Å². The van der Waals surface area contributed by atoms with E-state index in [2.05, 4.69) is 12.0 Å². The summed E-state index contributed by atoms with van der Waals surface area (Å²) in [6.45, 7) is 6.48. The quantitative estimate of drug-likeness (QED) is 0.794. The zero-order valence-electron chi connectivity index (χ0n) is 12.8. The highest BCUT2D eigenvalue weighted by Crippen LogP contribution is 2.19. The minimum Gasteiger partial charge on any atom is -0.487 e. The fourth-order valence-corrected chi connectivity index (χ4v) is 1.97. The molecule has 0 aliphatic carbocycles. The summed E-state index contributed by atoms with van der Waals surface area (Å²) in [7, 11) is 1.78. The second kappa shape index (κ2) is 6.43. The summed E-state index contributed by atoms with van der Waals surface area (Å²) in [5, 5.41) is 4.10. The molecule has 1 heterocycles. The van der Waals surface area contributed by atoms with E-state index in [4.69, 9.17) is 9.47 Å². The molecule has 2 aromatic rings. The molecular formula is C16H20N2O3. The lowest BCUT2D eigenvalue weighted by molar-refractivity contribution is 0.0523. The van der Waals surface area contributed by atoms with Gasteiger partial charge < -0.3 is 9.47 Å². The lowest BCUT2D eigenvalue weighted by atomic mass is 10.1. The van der Waals surface area contributed by atoms with Gasteiger partial charge in [0.2, 0.25) is 0 Å². The lowest BCUT2D eigenvalue weighted by Gasteiger charge is -2.10. The van der Waals surface area contributed by atoms with Gasteiger partial charge >= 0.3 is 5.97 Å². The molecule has 112 valence electrons. The molecule has 0 fully saturated rings. The number of carbonyl (C=O) groups is 1. The largest absolute Gasteiger partial charge is 0.487 e. The number of hydrogen-bond donors (Lipinski definition) is 0. The zero-order chi connectivity index (χ0) is 15.4. The first-order valence-electron chi connectivity index (χ1n) is 6.91. The Morgan fingerprint density at radius 1 is 1.29 bits per heavy atom. The summed E-state index contributed by atoms with van der Waals surface area (Å²) >= 11 is 0. The SMILES string of the molecule is CCOC(=O)c1cnn(C)c1COc1ccc(C)c(C)c1. The van der Waals surface area contributed by atoms with Crippen LogP contribution in [0.5, 0.6) is 5.75 Å². The average molecular weight is 288 g/mol. The Bertz CT molecular complexity index is 647. The fourth-order valence-electron chi connectivity index (χ4n) is 1.97. The molecule has 0 bridgehead atoms. The van der Waals surface area contributed by atoms with Crippen molar-refractivity contribution in [2.75, 3.05) is 6.61 Å². The van der Waals surface area contributed by atoms with Gasteiger partial charge in [0.1, 0.15) is 17.9 Å². The Hall–Kier alpha value is -2.30. The van der Waals surface area contributed by atoms with Gasteiger partial charge in [-0.05, 0) is 44.0 Å². The summed E-state index contributed by atoms with van der Waals surface area (Å²) in [5.41, 5.74) is 3.54. The second-order valence-corrected chi connectivity index (χ2v) is 4.88. The molecule has 0 radical (unpaired) electrons. The first-order chi connectivity index (χ1) is 10.0. The van der Waals surface area contributed by atoms with Gasteiger partial charge in [0.05, 0.1) is 18.5 Å². The number of aryl methyl sites for hydroxylation is 3. The van der Waals surface area contributed by atoms with Crippen LogP contribution in [0, 0.1) is 13.8 Å². The molecule has 0 saturated carbocycles. The Morgan fingerprint density at radius 3 is 2.71 bits per heavy atom. The maximum atomic E-state index is 11.9. The highest BCUT2D eigenvalue weighted by molar-refractivity contribution is 5.90. The maximum absolute atomic E-state index is 11.9. The molecule has 0 amide bonds. The van der Waals surface area contributed by atoms with Crippen LogP contribution in [0.25, 0.3) is 0 Å². The molecule has 1 aromatic heterocycles. The average Bonchev–Trinajstić information content (AvgIpc) is 2.82. The van der Waals surface area contributed by atoms with Gasteiger partial charge in [0.15, 0.2) is 0 Å². The number of esters is 1. The fraction of sp³-hybridized carbons (Fsp3) is 0.375.